The van der Waals surface area contributed by atoms with Crippen molar-refractivity contribution in [3.8, 4) is 11.3 Å². The average Bonchev–Trinajstić information content (AvgIpc) is 2.70. The maximum absolute atomic E-state index is 13.1. The van der Waals surface area contributed by atoms with Gasteiger partial charge in [0, 0.05) is 17.7 Å². The van der Waals surface area contributed by atoms with Gasteiger partial charge in [0.2, 0.25) is 0 Å². The molecule has 0 unspecified atom stereocenters. The molecule has 0 atom stereocenters. The van der Waals surface area contributed by atoms with E-state index in [0.29, 0.717) is 28.7 Å². The zero-order valence-corrected chi connectivity index (χ0v) is 15.3. The summed E-state index contributed by atoms with van der Waals surface area (Å²) in [4.78, 5) is 31.8. The molecule has 2 N–H and O–H groups in total. The standard InChI is InChI=1S/C22H20FN3O2/c1-3-14(2)5-4-12-24-21(27)16-8-11-18-19(13-16)25-20(22(28)26-18)15-6-9-17(23)10-7-15/h3,6-11,13H,1-2,4-5,12H2,(H,24,27)(H,26,28). The highest BCUT2D eigenvalue weighted by Crippen LogP contribution is 2.17. The number of carbonyl (C=O) groups is 1. The van der Waals surface area contributed by atoms with Gasteiger partial charge in [-0.1, -0.05) is 24.8 Å². The first-order valence-electron chi connectivity index (χ1n) is 8.86. The quantitative estimate of drug-likeness (QED) is 0.483. The molecule has 2 aromatic carbocycles. The Hall–Kier alpha value is -3.54. The summed E-state index contributed by atoms with van der Waals surface area (Å²) in [5, 5.41) is 2.85. The Morgan fingerprint density at radius 1 is 1.21 bits per heavy atom. The Bertz CT molecular complexity index is 1100. The van der Waals surface area contributed by atoms with E-state index in [1.54, 1.807) is 24.3 Å². The molecule has 0 fully saturated rings. The van der Waals surface area contributed by atoms with Crippen LogP contribution >= 0.6 is 0 Å². The van der Waals surface area contributed by atoms with E-state index in [0.717, 1.165) is 18.4 Å². The Kier molecular flexibility index (Phi) is 5.79. The number of allylic oxidation sites excluding steroid dienone is 2. The van der Waals surface area contributed by atoms with E-state index in [2.05, 4.69) is 28.4 Å². The summed E-state index contributed by atoms with van der Waals surface area (Å²) in [6.45, 7) is 8.01. The van der Waals surface area contributed by atoms with Crippen molar-refractivity contribution in [2.45, 2.75) is 12.8 Å². The number of halogens is 1. The van der Waals surface area contributed by atoms with Crippen molar-refractivity contribution in [1.82, 2.24) is 15.3 Å². The molecule has 142 valence electrons. The lowest BCUT2D eigenvalue weighted by Crippen LogP contribution is -2.24. The van der Waals surface area contributed by atoms with Gasteiger partial charge in [-0.15, -0.1) is 0 Å². The average molecular weight is 377 g/mol. The molecule has 0 aliphatic heterocycles. The maximum Gasteiger partial charge on any atom is 0.274 e. The second-order valence-electron chi connectivity index (χ2n) is 6.38. The van der Waals surface area contributed by atoms with Crippen LogP contribution in [0.1, 0.15) is 23.2 Å². The monoisotopic (exact) mass is 377 g/mol. The number of aromatic amines is 1. The van der Waals surface area contributed by atoms with Crippen molar-refractivity contribution in [2.75, 3.05) is 6.54 Å². The molecule has 3 aromatic rings. The summed E-state index contributed by atoms with van der Waals surface area (Å²) < 4.78 is 13.1. The summed E-state index contributed by atoms with van der Waals surface area (Å²) in [6.07, 6.45) is 3.24. The lowest BCUT2D eigenvalue weighted by atomic mass is 10.1. The Morgan fingerprint density at radius 3 is 2.68 bits per heavy atom. The Labute approximate surface area is 161 Å². The molecule has 6 heteroatoms. The molecule has 0 saturated carbocycles. The van der Waals surface area contributed by atoms with Gasteiger partial charge in [0.25, 0.3) is 11.5 Å². The number of rotatable bonds is 7. The number of H-pyrrole nitrogens is 1. The minimum absolute atomic E-state index is 0.174. The molecule has 0 radical (unpaired) electrons. The van der Waals surface area contributed by atoms with Crippen molar-refractivity contribution in [2.24, 2.45) is 0 Å². The molecule has 1 aromatic heterocycles. The van der Waals surface area contributed by atoms with Gasteiger partial charge in [-0.2, -0.15) is 0 Å². The van der Waals surface area contributed by atoms with Gasteiger partial charge in [0.15, 0.2) is 0 Å². The second kappa shape index (κ2) is 8.43. The van der Waals surface area contributed by atoms with Gasteiger partial charge in [0.05, 0.1) is 11.0 Å². The van der Waals surface area contributed by atoms with E-state index in [-0.39, 0.29) is 17.2 Å². The molecule has 5 nitrogen and oxygen atoms in total. The number of benzene rings is 2. The highest BCUT2D eigenvalue weighted by Gasteiger charge is 2.11. The van der Waals surface area contributed by atoms with Crippen LogP contribution in [0.15, 0.2) is 72.1 Å². The highest BCUT2D eigenvalue weighted by molar-refractivity contribution is 5.97. The fourth-order valence-corrected chi connectivity index (χ4v) is 2.75. The van der Waals surface area contributed by atoms with E-state index < -0.39 is 5.82 Å². The molecule has 1 amide bonds. The van der Waals surface area contributed by atoms with Gasteiger partial charge in [0.1, 0.15) is 11.5 Å². The summed E-state index contributed by atoms with van der Waals surface area (Å²) in [7, 11) is 0. The number of nitrogens with one attached hydrogen (secondary N) is 2. The van der Waals surface area contributed by atoms with Crippen LogP contribution in [-0.4, -0.2) is 22.4 Å². The zero-order chi connectivity index (χ0) is 20.1. The normalized spacial score (nSPS) is 10.6. The van der Waals surface area contributed by atoms with Crippen molar-refractivity contribution in [1.29, 1.82) is 0 Å². The smallest absolute Gasteiger partial charge is 0.274 e. The highest BCUT2D eigenvalue weighted by atomic mass is 19.1. The molecule has 28 heavy (non-hydrogen) atoms. The van der Waals surface area contributed by atoms with E-state index in [4.69, 9.17) is 0 Å². The number of nitrogens with zero attached hydrogens (tertiary/aromatic N) is 1. The van der Waals surface area contributed by atoms with Crippen LogP contribution < -0.4 is 10.9 Å². The molecule has 0 spiro atoms. The third-order valence-electron chi connectivity index (χ3n) is 4.32. The van der Waals surface area contributed by atoms with Crippen molar-refractivity contribution >= 4 is 16.9 Å². The molecule has 0 aliphatic carbocycles. The molecule has 3 rings (SSSR count). The lowest BCUT2D eigenvalue weighted by molar-refractivity contribution is 0.0953. The predicted octanol–water partition coefficient (Wildman–Crippen LogP) is 3.98. The first-order valence-corrected chi connectivity index (χ1v) is 8.86. The van der Waals surface area contributed by atoms with Crippen LogP contribution in [0, 0.1) is 5.82 Å². The minimum Gasteiger partial charge on any atom is -0.352 e. The molecule has 1 heterocycles. The number of hydrogen-bond donors (Lipinski definition) is 2. The number of aromatic nitrogens is 2. The number of carbonyl (C=O) groups excluding carboxylic acids is 1. The van der Waals surface area contributed by atoms with Crippen LogP contribution in [-0.2, 0) is 0 Å². The van der Waals surface area contributed by atoms with E-state index >= 15 is 0 Å². The minimum atomic E-state index is -0.392. The predicted molar refractivity (Wildman–Crippen MR) is 109 cm³/mol. The molecule has 0 saturated heterocycles. The molecule has 0 aliphatic rings. The van der Waals surface area contributed by atoms with Gasteiger partial charge >= 0.3 is 0 Å². The largest absolute Gasteiger partial charge is 0.352 e. The summed E-state index contributed by atoms with van der Waals surface area (Å²) in [5.41, 5.74) is 2.68. The third kappa shape index (κ3) is 4.40. The molecule has 0 bridgehead atoms. The maximum atomic E-state index is 13.1. The van der Waals surface area contributed by atoms with Crippen LogP contribution in [0.4, 0.5) is 4.39 Å². The number of hydrogen-bond acceptors (Lipinski definition) is 3. The fraction of sp³-hybridized carbons (Fsp3) is 0.136. The first kappa shape index (κ1) is 19.2. The van der Waals surface area contributed by atoms with Gasteiger partial charge in [-0.25, -0.2) is 9.37 Å². The number of amides is 1. The van der Waals surface area contributed by atoms with Crippen LogP contribution in [0.25, 0.3) is 22.3 Å². The summed E-state index contributed by atoms with van der Waals surface area (Å²) in [6, 6.07) is 10.4. The van der Waals surface area contributed by atoms with Crippen molar-refractivity contribution in [3.63, 3.8) is 0 Å². The van der Waals surface area contributed by atoms with Crippen molar-refractivity contribution < 1.29 is 9.18 Å². The SMILES string of the molecule is C=CC(=C)CCCNC(=O)c1ccc2[nH]c(=O)c(-c3ccc(F)cc3)nc2c1. The lowest BCUT2D eigenvalue weighted by Gasteiger charge is -2.07. The first-order chi connectivity index (χ1) is 13.5. The fourth-order valence-electron chi connectivity index (χ4n) is 2.75. The Morgan fingerprint density at radius 2 is 1.96 bits per heavy atom. The zero-order valence-electron chi connectivity index (χ0n) is 15.3. The van der Waals surface area contributed by atoms with Crippen LogP contribution in [0.5, 0.6) is 0 Å². The van der Waals surface area contributed by atoms with Gasteiger partial charge in [-0.05, 0) is 55.3 Å². The van der Waals surface area contributed by atoms with E-state index in [9.17, 15) is 14.0 Å². The summed E-state index contributed by atoms with van der Waals surface area (Å²) >= 11 is 0. The third-order valence-corrected chi connectivity index (χ3v) is 4.32. The van der Waals surface area contributed by atoms with Gasteiger partial charge < -0.3 is 10.3 Å². The summed E-state index contributed by atoms with van der Waals surface area (Å²) in [5.74, 6) is -0.612. The van der Waals surface area contributed by atoms with Gasteiger partial charge in [-0.3, -0.25) is 9.59 Å². The topological polar surface area (TPSA) is 74.8 Å². The van der Waals surface area contributed by atoms with E-state index in [1.165, 1.54) is 24.3 Å². The van der Waals surface area contributed by atoms with Crippen LogP contribution in [0.2, 0.25) is 0 Å². The number of fused-ring (bicyclic) bond motifs is 1. The molecular weight excluding hydrogens is 357 g/mol. The van der Waals surface area contributed by atoms with E-state index in [1.807, 2.05) is 0 Å². The van der Waals surface area contributed by atoms with Crippen LogP contribution in [0.3, 0.4) is 0 Å². The Balaban J connectivity index is 1.82. The second-order valence-corrected chi connectivity index (χ2v) is 6.38. The molecular formula is C22H20FN3O2. The van der Waals surface area contributed by atoms with Crippen molar-refractivity contribution in [3.05, 3.63) is 89.0 Å².